The Hall–Kier alpha value is -3.15. The summed E-state index contributed by atoms with van der Waals surface area (Å²) in [5, 5.41) is 3.92. The van der Waals surface area contributed by atoms with Gasteiger partial charge in [0, 0.05) is 28.7 Å². The summed E-state index contributed by atoms with van der Waals surface area (Å²) in [5.41, 5.74) is 4.07. The molecule has 6 heteroatoms. The summed E-state index contributed by atoms with van der Waals surface area (Å²) in [6.45, 7) is 3.95. The maximum atomic E-state index is 12.8. The summed E-state index contributed by atoms with van der Waals surface area (Å²) in [5.74, 6) is 1.20. The minimum absolute atomic E-state index is 0.231. The van der Waals surface area contributed by atoms with Crippen LogP contribution >= 0.6 is 0 Å². The van der Waals surface area contributed by atoms with E-state index in [0.717, 1.165) is 22.0 Å². The minimum Gasteiger partial charge on any atom is -0.493 e. The van der Waals surface area contributed by atoms with Crippen molar-refractivity contribution in [2.75, 3.05) is 26.6 Å². The van der Waals surface area contributed by atoms with E-state index in [0.29, 0.717) is 28.6 Å². The summed E-state index contributed by atoms with van der Waals surface area (Å²) in [7, 11) is 4.61. The molecule has 1 heterocycles. The molecule has 2 N–H and O–H groups in total. The van der Waals surface area contributed by atoms with Crippen molar-refractivity contribution in [3.05, 3.63) is 47.2 Å². The van der Waals surface area contributed by atoms with Crippen LogP contribution in [-0.4, -0.2) is 32.2 Å². The number of rotatable bonds is 5. The van der Waals surface area contributed by atoms with Gasteiger partial charge in [-0.3, -0.25) is 4.79 Å². The Bertz CT molecular complexity index is 950. The lowest BCUT2D eigenvalue weighted by Crippen LogP contribution is -2.14. The third kappa shape index (κ3) is 3.06. The van der Waals surface area contributed by atoms with Gasteiger partial charge in [-0.25, -0.2) is 0 Å². The molecule has 0 bridgehead atoms. The molecular weight excluding hydrogens is 332 g/mol. The Morgan fingerprint density at radius 3 is 2.19 bits per heavy atom. The van der Waals surface area contributed by atoms with E-state index in [4.69, 9.17) is 14.2 Å². The quantitative estimate of drug-likeness (QED) is 0.725. The van der Waals surface area contributed by atoms with Gasteiger partial charge in [0.2, 0.25) is 5.75 Å². The van der Waals surface area contributed by atoms with Crippen molar-refractivity contribution in [3.63, 3.8) is 0 Å². The second kappa shape index (κ2) is 7.00. The van der Waals surface area contributed by atoms with E-state index < -0.39 is 0 Å². The van der Waals surface area contributed by atoms with Gasteiger partial charge < -0.3 is 24.5 Å². The minimum atomic E-state index is -0.231. The molecule has 0 saturated heterocycles. The number of aromatic amines is 1. The first-order valence-corrected chi connectivity index (χ1v) is 8.18. The van der Waals surface area contributed by atoms with Crippen molar-refractivity contribution in [3.8, 4) is 17.2 Å². The third-order valence-corrected chi connectivity index (χ3v) is 4.36. The number of aromatic nitrogens is 1. The fourth-order valence-corrected chi connectivity index (χ4v) is 3.03. The van der Waals surface area contributed by atoms with Gasteiger partial charge in [0.15, 0.2) is 11.5 Å². The highest BCUT2D eigenvalue weighted by Gasteiger charge is 2.18. The molecule has 3 aromatic rings. The first-order valence-electron chi connectivity index (χ1n) is 8.18. The number of ether oxygens (including phenoxy) is 3. The summed E-state index contributed by atoms with van der Waals surface area (Å²) in [6.07, 6.45) is 0. The lowest BCUT2D eigenvalue weighted by Gasteiger charge is -2.14. The van der Waals surface area contributed by atoms with Gasteiger partial charge in [-0.1, -0.05) is 12.1 Å². The van der Waals surface area contributed by atoms with E-state index in [1.54, 1.807) is 12.1 Å². The average molecular weight is 354 g/mol. The first-order chi connectivity index (χ1) is 12.5. The topological polar surface area (TPSA) is 72.6 Å². The standard InChI is InChI=1S/C20H22N2O4/c1-11-6-7-14-12(2)18(22-15(14)8-11)20(23)21-13-9-16(24-3)19(26-5)17(10-13)25-4/h6-10,22H,1-5H3,(H,21,23). The van der Waals surface area contributed by atoms with Crippen LogP contribution in [0.5, 0.6) is 17.2 Å². The van der Waals surface area contributed by atoms with Gasteiger partial charge in [0.1, 0.15) is 5.69 Å². The van der Waals surface area contributed by atoms with Gasteiger partial charge in [-0.15, -0.1) is 0 Å². The zero-order valence-corrected chi connectivity index (χ0v) is 15.5. The molecule has 0 saturated carbocycles. The van der Waals surface area contributed by atoms with Crippen molar-refractivity contribution < 1.29 is 19.0 Å². The molecule has 0 atom stereocenters. The van der Waals surface area contributed by atoms with Crippen LogP contribution in [0.15, 0.2) is 30.3 Å². The number of amides is 1. The van der Waals surface area contributed by atoms with E-state index in [-0.39, 0.29) is 5.91 Å². The van der Waals surface area contributed by atoms with E-state index >= 15 is 0 Å². The maximum Gasteiger partial charge on any atom is 0.272 e. The second-order valence-corrected chi connectivity index (χ2v) is 6.04. The summed E-state index contributed by atoms with van der Waals surface area (Å²) in [4.78, 5) is 16.0. The predicted octanol–water partition coefficient (Wildman–Crippen LogP) is 4.06. The van der Waals surface area contributed by atoms with Crippen LogP contribution in [0.25, 0.3) is 10.9 Å². The molecule has 0 fully saturated rings. The number of hydrogen-bond acceptors (Lipinski definition) is 4. The Morgan fingerprint density at radius 2 is 1.62 bits per heavy atom. The Kier molecular flexibility index (Phi) is 4.75. The smallest absolute Gasteiger partial charge is 0.272 e. The van der Waals surface area contributed by atoms with E-state index in [1.807, 2.05) is 32.0 Å². The van der Waals surface area contributed by atoms with Crippen LogP contribution in [0, 0.1) is 13.8 Å². The Balaban J connectivity index is 1.96. The number of fused-ring (bicyclic) bond motifs is 1. The zero-order valence-electron chi connectivity index (χ0n) is 15.5. The fourth-order valence-electron chi connectivity index (χ4n) is 3.03. The van der Waals surface area contributed by atoms with Crippen molar-refractivity contribution in [1.29, 1.82) is 0 Å². The number of H-pyrrole nitrogens is 1. The lowest BCUT2D eigenvalue weighted by atomic mass is 10.1. The van der Waals surface area contributed by atoms with E-state index in [2.05, 4.69) is 10.3 Å². The summed E-state index contributed by atoms with van der Waals surface area (Å²) < 4.78 is 16.0. The van der Waals surface area contributed by atoms with Crippen LogP contribution in [0.4, 0.5) is 5.69 Å². The predicted molar refractivity (Wildman–Crippen MR) is 102 cm³/mol. The number of hydrogen-bond donors (Lipinski definition) is 2. The van der Waals surface area contributed by atoms with Gasteiger partial charge in [0.05, 0.1) is 21.3 Å². The van der Waals surface area contributed by atoms with Crippen molar-refractivity contribution in [2.45, 2.75) is 13.8 Å². The third-order valence-electron chi connectivity index (χ3n) is 4.36. The number of carbonyl (C=O) groups excluding carboxylic acids is 1. The van der Waals surface area contributed by atoms with Crippen LogP contribution in [0.1, 0.15) is 21.6 Å². The molecule has 26 heavy (non-hydrogen) atoms. The van der Waals surface area contributed by atoms with Crippen molar-refractivity contribution >= 4 is 22.5 Å². The molecule has 136 valence electrons. The van der Waals surface area contributed by atoms with Gasteiger partial charge in [0.25, 0.3) is 5.91 Å². The molecule has 0 spiro atoms. The summed E-state index contributed by atoms with van der Waals surface area (Å²) >= 11 is 0. The van der Waals surface area contributed by atoms with Crippen LogP contribution in [0.3, 0.4) is 0 Å². The molecule has 6 nitrogen and oxygen atoms in total. The monoisotopic (exact) mass is 354 g/mol. The number of anilines is 1. The second-order valence-electron chi connectivity index (χ2n) is 6.04. The molecule has 0 aliphatic carbocycles. The lowest BCUT2D eigenvalue weighted by molar-refractivity contribution is 0.102. The molecule has 3 rings (SSSR count). The van der Waals surface area contributed by atoms with Gasteiger partial charge in [-0.2, -0.15) is 0 Å². The van der Waals surface area contributed by atoms with E-state index in [9.17, 15) is 4.79 Å². The SMILES string of the molecule is COc1cc(NC(=O)c2[nH]c3cc(C)ccc3c2C)cc(OC)c1OC. The fraction of sp³-hybridized carbons (Fsp3) is 0.250. The number of carbonyl (C=O) groups is 1. The molecule has 2 aromatic carbocycles. The zero-order chi connectivity index (χ0) is 18.8. The van der Waals surface area contributed by atoms with Crippen LogP contribution < -0.4 is 19.5 Å². The first kappa shape index (κ1) is 17.7. The van der Waals surface area contributed by atoms with Gasteiger partial charge >= 0.3 is 0 Å². The number of aryl methyl sites for hydroxylation is 2. The molecule has 0 unspecified atom stereocenters. The molecule has 1 aromatic heterocycles. The number of benzene rings is 2. The Labute approximate surface area is 152 Å². The molecule has 0 aliphatic rings. The summed E-state index contributed by atoms with van der Waals surface area (Å²) in [6, 6.07) is 9.47. The highest BCUT2D eigenvalue weighted by molar-refractivity contribution is 6.08. The van der Waals surface area contributed by atoms with Crippen molar-refractivity contribution in [1.82, 2.24) is 4.98 Å². The molecular formula is C20H22N2O4. The van der Waals surface area contributed by atoms with Crippen LogP contribution in [0.2, 0.25) is 0 Å². The van der Waals surface area contributed by atoms with Gasteiger partial charge in [-0.05, 0) is 31.0 Å². The molecule has 0 radical (unpaired) electrons. The molecule has 1 amide bonds. The average Bonchev–Trinajstić information content (AvgIpc) is 2.96. The normalized spacial score (nSPS) is 10.7. The van der Waals surface area contributed by atoms with Crippen molar-refractivity contribution in [2.24, 2.45) is 0 Å². The largest absolute Gasteiger partial charge is 0.493 e. The maximum absolute atomic E-state index is 12.8. The highest BCUT2D eigenvalue weighted by atomic mass is 16.5. The van der Waals surface area contributed by atoms with Crippen LogP contribution in [-0.2, 0) is 0 Å². The van der Waals surface area contributed by atoms with E-state index in [1.165, 1.54) is 21.3 Å². The highest BCUT2D eigenvalue weighted by Crippen LogP contribution is 2.40. The molecule has 0 aliphatic heterocycles. The number of nitrogens with one attached hydrogen (secondary N) is 2. The number of methoxy groups -OCH3 is 3. The Morgan fingerprint density at radius 1 is 0.962 bits per heavy atom.